The van der Waals surface area contributed by atoms with Gasteiger partial charge in [-0.05, 0) is 30.4 Å². The molecule has 1 fully saturated rings. The van der Waals surface area contributed by atoms with E-state index in [0.29, 0.717) is 11.6 Å². The number of para-hydroxylation sites is 1. The predicted molar refractivity (Wildman–Crippen MR) is 63.1 cm³/mol. The van der Waals surface area contributed by atoms with Crippen LogP contribution >= 0.6 is 0 Å². The highest BCUT2D eigenvalue weighted by atomic mass is 19.1. The van der Waals surface area contributed by atoms with E-state index in [9.17, 15) is 4.39 Å². The number of nitrogen functional groups attached to an aromatic ring is 1. The molecule has 1 aliphatic heterocycles. The number of hydrogen-bond donors (Lipinski definition) is 1. The average Bonchev–Trinajstić information content (AvgIpc) is 2.34. The molecule has 0 bridgehead atoms. The lowest BCUT2D eigenvalue weighted by atomic mass is 9.81. The van der Waals surface area contributed by atoms with E-state index in [1.165, 1.54) is 0 Å². The van der Waals surface area contributed by atoms with Gasteiger partial charge in [0.25, 0.3) is 0 Å². The molecular weight excluding hydrogens is 205 g/mol. The van der Waals surface area contributed by atoms with Crippen molar-refractivity contribution < 1.29 is 9.13 Å². The summed E-state index contributed by atoms with van der Waals surface area (Å²) in [6.07, 6.45) is 1.87. The van der Waals surface area contributed by atoms with Gasteiger partial charge in [0.05, 0.1) is 6.67 Å². The molecule has 0 aliphatic carbocycles. The number of nitrogens with two attached hydrogens (primary N) is 1. The second kappa shape index (κ2) is 5.30. The highest BCUT2D eigenvalue weighted by molar-refractivity contribution is 5.48. The smallest absolute Gasteiger partial charge is 0.0966 e. The number of benzene rings is 1. The van der Waals surface area contributed by atoms with Crippen molar-refractivity contribution in [3.63, 3.8) is 0 Å². The normalized spacial score (nSPS) is 19.6. The maximum absolute atomic E-state index is 13.2. The van der Waals surface area contributed by atoms with Gasteiger partial charge in [-0.3, -0.25) is 4.39 Å². The Hall–Kier alpha value is -1.09. The van der Waals surface area contributed by atoms with E-state index < -0.39 is 0 Å². The lowest BCUT2D eigenvalue weighted by Crippen LogP contribution is -2.24. The summed E-state index contributed by atoms with van der Waals surface area (Å²) in [5, 5.41) is 0. The minimum atomic E-state index is -0.334. The van der Waals surface area contributed by atoms with Gasteiger partial charge in [0, 0.05) is 24.8 Å². The second-order valence-electron chi connectivity index (χ2n) is 4.34. The van der Waals surface area contributed by atoms with Crippen LogP contribution in [-0.2, 0) is 4.74 Å². The summed E-state index contributed by atoms with van der Waals surface area (Å²) >= 11 is 0. The van der Waals surface area contributed by atoms with Crippen LogP contribution in [0.4, 0.5) is 10.1 Å². The summed E-state index contributed by atoms with van der Waals surface area (Å²) in [4.78, 5) is 0. The Morgan fingerprint density at radius 2 is 2.00 bits per heavy atom. The molecule has 0 spiro atoms. The summed E-state index contributed by atoms with van der Waals surface area (Å²) in [6, 6.07) is 7.60. The largest absolute Gasteiger partial charge is 0.398 e. The van der Waals surface area contributed by atoms with Crippen molar-refractivity contribution in [2.75, 3.05) is 25.6 Å². The highest BCUT2D eigenvalue weighted by Gasteiger charge is 2.26. The topological polar surface area (TPSA) is 35.2 Å². The summed E-state index contributed by atoms with van der Waals surface area (Å²) < 4.78 is 18.5. The van der Waals surface area contributed by atoms with Crippen LogP contribution in [0.5, 0.6) is 0 Å². The van der Waals surface area contributed by atoms with Gasteiger partial charge < -0.3 is 10.5 Å². The zero-order chi connectivity index (χ0) is 11.4. The molecule has 1 aromatic carbocycles. The van der Waals surface area contributed by atoms with E-state index in [1.54, 1.807) is 0 Å². The van der Waals surface area contributed by atoms with E-state index in [-0.39, 0.29) is 12.6 Å². The maximum Gasteiger partial charge on any atom is 0.0966 e. The molecule has 1 heterocycles. The zero-order valence-corrected chi connectivity index (χ0v) is 9.36. The van der Waals surface area contributed by atoms with Gasteiger partial charge in [0.1, 0.15) is 0 Å². The Bertz CT molecular complexity index is 336. The SMILES string of the molecule is Nc1ccccc1C(CF)C1CCOCC1. The molecule has 2 N–H and O–H groups in total. The Labute approximate surface area is 95.6 Å². The van der Waals surface area contributed by atoms with Crippen molar-refractivity contribution in [3.05, 3.63) is 29.8 Å². The van der Waals surface area contributed by atoms with Crippen molar-refractivity contribution in [2.24, 2.45) is 5.92 Å². The van der Waals surface area contributed by atoms with E-state index in [0.717, 1.165) is 31.6 Å². The van der Waals surface area contributed by atoms with Gasteiger partial charge >= 0.3 is 0 Å². The Morgan fingerprint density at radius 3 is 2.62 bits per heavy atom. The molecule has 0 saturated carbocycles. The first-order valence-electron chi connectivity index (χ1n) is 5.81. The summed E-state index contributed by atoms with van der Waals surface area (Å²) in [7, 11) is 0. The van der Waals surface area contributed by atoms with Crippen molar-refractivity contribution in [2.45, 2.75) is 18.8 Å². The first-order valence-corrected chi connectivity index (χ1v) is 5.81. The molecule has 1 atom stereocenters. The first-order chi connectivity index (χ1) is 7.83. The molecular formula is C13H18FNO. The summed E-state index contributed by atoms with van der Waals surface area (Å²) in [5.41, 5.74) is 7.57. The number of ether oxygens (including phenoxy) is 1. The van der Waals surface area contributed by atoms with E-state index in [1.807, 2.05) is 24.3 Å². The second-order valence-corrected chi connectivity index (χ2v) is 4.34. The van der Waals surface area contributed by atoms with Gasteiger partial charge in [-0.2, -0.15) is 0 Å². The minimum absolute atomic E-state index is 0.0647. The molecule has 2 rings (SSSR count). The first kappa shape index (κ1) is 11.4. The van der Waals surface area contributed by atoms with Crippen LogP contribution in [0.15, 0.2) is 24.3 Å². The summed E-state index contributed by atoms with van der Waals surface area (Å²) in [6.45, 7) is 1.15. The van der Waals surface area contributed by atoms with Crippen molar-refractivity contribution >= 4 is 5.69 Å². The van der Waals surface area contributed by atoms with Gasteiger partial charge in [-0.25, -0.2) is 0 Å². The number of rotatable bonds is 3. The van der Waals surface area contributed by atoms with Crippen molar-refractivity contribution in [1.82, 2.24) is 0 Å². The Balaban J connectivity index is 2.18. The third-order valence-corrected chi connectivity index (χ3v) is 3.40. The van der Waals surface area contributed by atoms with Crippen LogP contribution in [0.1, 0.15) is 24.3 Å². The fraction of sp³-hybridized carbons (Fsp3) is 0.538. The van der Waals surface area contributed by atoms with E-state index in [2.05, 4.69) is 0 Å². The van der Waals surface area contributed by atoms with Crippen molar-refractivity contribution in [3.8, 4) is 0 Å². The molecule has 0 radical (unpaired) electrons. The monoisotopic (exact) mass is 223 g/mol. The maximum atomic E-state index is 13.2. The molecule has 1 aromatic rings. The van der Waals surface area contributed by atoms with Crippen LogP contribution < -0.4 is 5.73 Å². The van der Waals surface area contributed by atoms with Crippen LogP contribution in [-0.4, -0.2) is 19.9 Å². The van der Waals surface area contributed by atoms with Gasteiger partial charge in [-0.15, -0.1) is 0 Å². The van der Waals surface area contributed by atoms with Gasteiger partial charge in [0.2, 0.25) is 0 Å². The van der Waals surface area contributed by atoms with Gasteiger partial charge in [0.15, 0.2) is 0 Å². The number of alkyl halides is 1. The number of hydrogen-bond acceptors (Lipinski definition) is 2. The quantitative estimate of drug-likeness (QED) is 0.800. The molecule has 1 unspecified atom stereocenters. The Morgan fingerprint density at radius 1 is 1.31 bits per heavy atom. The number of anilines is 1. The molecule has 88 valence electrons. The number of halogens is 1. The highest BCUT2D eigenvalue weighted by Crippen LogP contribution is 2.34. The van der Waals surface area contributed by atoms with Gasteiger partial charge in [-0.1, -0.05) is 18.2 Å². The Kier molecular flexibility index (Phi) is 3.78. The molecule has 0 amide bonds. The standard InChI is InChI=1S/C13H18FNO/c14-9-12(10-5-7-16-8-6-10)11-3-1-2-4-13(11)15/h1-4,10,12H,5-9,15H2. The van der Waals surface area contributed by atoms with Crippen LogP contribution in [0.3, 0.4) is 0 Å². The lowest BCUT2D eigenvalue weighted by molar-refractivity contribution is 0.0547. The minimum Gasteiger partial charge on any atom is -0.398 e. The summed E-state index contributed by atoms with van der Waals surface area (Å²) in [5.74, 6) is 0.300. The fourth-order valence-corrected chi connectivity index (χ4v) is 2.43. The van der Waals surface area contributed by atoms with E-state index in [4.69, 9.17) is 10.5 Å². The molecule has 2 nitrogen and oxygen atoms in total. The fourth-order valence-electron chi connectivity index (χ4n) is 2.43. The average molecular weight is 223 g/mol. The molecule has 3 heteroatoms. The molecule has 1 aliphatic rings. The van der Waals surface area contributed by atoms with Crippen LogP contribution in [0.2, 0.25) is 0 Å². The third kappa shape index (κ3) is 2.35. The van der Waals surface area contributed by atoms with Crippen LogP contribution in [0, 0.1) is 5.92 Å². The van der Waals surface area contributed by atoms with Crippen LogP contribution in [0.25, 0.3) is 0 Å². The lowest BCUT2D eigenvalue weighted by Gasteiger charge is -2.29. The molecule has 1 saturated heterocycles. The van der Waals surface area contributed by atoms with E-state index >= 15 is 0 Å². The van der Waals surface area contributed by atoms with Crippen molar-refractivity contribution in [1.29, 1.82) is 0 Å². The third-order valence-electron chi connectivity index (χ3n) is 3.40. The molecule has 16 heavy (non-hydrogen) atoms. The molecule has 0 aromatic heterocycles. The predicted octanol–water partition coefficient (Wildman–Crippen LogP) is 2.75. The zero-order valence-electron chi connectivity index (χ0n) is 9.36.